The smallest absolute Gasteiger partial charge is 0.123 e. The van der Waals surface area contributed by atoms with E-state index in [9.17, 15) is 4.39 Å². The van der Waals surface area contributed by atoms with Gasteiger partial charge in [-0.2, -0.15) is 0 Å². The van der Waals surface area contributed by atoms with Crippen LogP contribution in [0.4, 0.5) is 4.39 Å². The lowest BCUT2D eigenvalue weighted by atomic mass is 9.97. The Morgan fingerprint density at radius 1 is 1.22 bits per heavy atom. The molecule has 1 atom stereocenters. The maximum absolute atomic E-state index is 13.0. The van der Waals surface area contributed by atoms with Crippen LogP contribution in [0, 0.1) is 12.7 Å². The van der Waals surface area contributed by atoms with Gasteiger partial charge in [-0.1, -0.05) is 19.1 Å². The van der Waals surface area contributed by atoms with E-state index in [-0.39, 0.29) is 11.9 Å². The highest BCUT2D eigenvalue weighted by atomic mass is 19.1. The standard InChI is InChI=1S/C15H17FN2/c1-3-18-15(12-4-6-13(16)7-5-12)14-10-17-9-8-11(14)2/h4-10,15,18H,3H2,1-2H3. The van der Waals surface area contributed by atoms with Crippen molar-refractivity contribution in [3.63, 3.8) is 0 Å². The molecule has 1 aromatic carbocycles. The Bertz CT molecular complexity index is 508. The average Bonchev–Trinajstić information content (AvgIpc) is 2.38. The fraction of sp³-hybridized carbons (Fsp3) is 0.267. The molecule has 0 aliphatic carbocycles. The molecule has 0 amide bonds. The summed E-state index contributed by atoms with van der Waals surface area (Å²) in [5.74, 6) is -0.211. The Morgan fingerprint density at radius 2 is 1.94 bits per heavy atom. The molecule has 0 fully saturated rings. The highest BCUT2D eigenvalue weighted by Gasteiger charge is 2.15. The highest BCUT2D eigenvalue weighted by molar-refractivity contribution is 5.34. The predicted octanol–water partition coefficient (Wildman–Crippen LogP) is 3.23. The van der Waals surface area contributed by atoms with Crippen molar-refractivity contribution in [1.29, 1.82) is 0 Å². The van der Waals surface area contributed by atoms with Crippen LogP contribution in [-0.4, -0.2) is 11.5 Å². The van der Waals surface area contributed by atoms with Crippen molar-refractivity contribution in [2.75, 3.05) is 6.54 Å². The number of aryl methyl sites for hydroxylation is 1. The highest BCUT2D eigenvalue weighted by Crippen LogP contribution is 2.24. The Balaban J connectivity index is 2.40. The summed E-state index contributed by atoms with van der Waals surface area (Å²) < 4.78 is 13.0. The van der Waals surface area contributed by atoms with Gasteiger partial charge in [0.25, 0.3) is 0 Å². The number of benzene rings is 1. The molecule has 1 unspecified atom stereocenters. The van der Waals surface area contributed by atoms with Crippen LogP contribution in [0.2, 0.25) is 0 Å². The maximum Gasteiger partial charge on any atom is 0.123 e. The van der Waals surface area contributed by atoms with Crippen LogP contribution in [-0.2, 0) is 0 Å². The number of hydrogen-bond acceptors (Lipinski definition) is 2. The molecule has 1 N–H and O–H groups in total. The first-order valence-electron chi connectivity index (χ1n) is 6.11. The maximum atomic E-state index is 13.0. The summed E-state index contributed by atoms with van der Waals surface area (Å²) in [6.45, 7) is 4.96. The van der Waals surface area contributed by atoms with Crippen molar-refractivity contribution < 1.29 is 4.39 Å². The molecule has 0 bridgehead atoms. The zero-order valence-electron chi connectivity index (χ0n) is 10.7. The fourth-order valence-corrected chi connectivity index (χ4v) is 2.05. The molecule has 0 aliphatic rings. The fourth-order valence-electron chi connectivity index (χ4n) is 2.05. The van der Waals surface area contributed by atoms with Crippen molar-refractivity contribution in [2.24, 2.45) is 0 Å². The molecule has 94 valence electrons. The zero-order valence-corrected chi connectivity index (χ0v) is 10.7. The van der Waals surface area contributed by atoms with Crippen molar-refractivity contribution >= 4 is 0 Å². The third kappa shape index (κ3) is 2.74. The number of aromatic nitrogens is 1. The predicted molar refractivity (Wildman–Crippen MR) is 70.9 cm³/mol. The topological polar surface area (TPSA) is 24.9 Å². The van der Waals surface area contributed by atoms with E-state index >= 15 is 0 Å². The molecule has 0 saturated carbocycles. The molecular formula is C15H17FN2. The third-order valence-corrected chi connectivity index (χ3v) is 3.00. The number of nitrogens with zero attached hydrogens (tertiary/aromatic N) is 1. The minimum absolute atomic E-state index is 0.0595. The van der Waals surface area contributed by atoms with Gasteiger partial charge in [0.15, 0.2) is 0 Å². The van der Waals surface area contributed by atoms with Crippen molar-refractivity contribution in [3.8, 4) is 0 Å². The Morgan fingerprint density at radius 3 is 2.56 bits per heavy atom. The van der Waals surface area contributed by atoms with Crippen LogP contribution in [0.5, 0.6) is 0 Å². The van der Waals surface area contributed by atoms with E-state index in [2.05, 4.69) is 24.1 Å². The minimum atomic E-state index is -0.211. The van der Waals surface area contributed by atoms with E-state index in [1.807, 2.05) is 24.4 Å². The lowest BCUT2D eigenvalue weighted by Crippen LogP contribution is -2.22. The zero-order chi connectivity index (χ0) is 13.0. The van der Waals surface area contributed by atoms with Gasteiger partial charge in [0.05, 0.1) is 6.04 Å². The lowest BCUT2D eigenvalue weighted by molar-refractivity contribution is 0.611. The van der Waals surface area contributed by atoms with Gasteiger partial charge in [-0.3, -0.25) is 4.98 Å². The van der Waals surface area contributed by atoms with Gasteiger partial charge >= 0.3 is 0 Å². The van der Waals surface area contributed by atoms with Crippen LogP contribution in [0.25, 0.3) is 0 Å². The van der Waals surface area contributed by atoms with Crippen molar-refractivity contribution in [1.82, 2.24) is 10.3 Å². The molecule has 0 spiro atoms. The number of hydrogen-bond donors (Lipinski definition) is 1. The van der Waals surface area contributed by atoms with Gasteiger partial charge in [0, 0.05) is 12.4 Å². The van der Waals surface area contributed by atoms with E-state index in [0.29, 0.717) is 0 Å². The molecule has 18 heavy (non-hydrogen) atoms. The Kier molecular flexibility index (Phi) is 4.05. The van der Waals surface area contributed by atoms with Gasteiger partial charge in [0.2, 0.25) is 0 Å². The van der Waals surface area contributed by atoms with E-state index in [1.165, 1.54) is 17.7 Å². The molecule has 2 aromatic rings. The summed E-state index contributed by atoms with van der Waals surface area (Å²) in [5.41, 5.74) is 3.36. The van der Waals surface area contributed by atoms with Gasteiger partial charge in [-0.25, -0.2) is 4.39 Å². The first kappa shape index (κ1) is 12.7. The summed E-state index contributed by atoms with van der Waals surface area (Å²) >= 11 is 0. The number of nitrogens with one attached hydrogen (secondary N) is 1. The second kappa shape index (κ2) is 5.74. The minimum Gasteiger partial charge on any atom is -0.306 e. The molecule has 0 aliphatic heterocycles. The summed E-state index contributed by atoms with van der Waals surface area (Å²) in [6, 6.07) is 8.66. The van der Waals surface area contributed by atoms with Crippen molar-refractivity contribution in [2.45, 2.75) is 19.9 Å². The van der Waals surface area contributed by atoms with E-state index in [4.69, 9.17) is 0 Å². The summed E-state index contributed by atoms with van der Waals surface area (Å²) in [4.78, 5) is 4.18. The monoisotopic (exact) mass is 244 g/mol. The molecule has 0 saturated heterocycles. The molecule has 2 nitrogen and oxygen atoms in total. The molecule has 0 radical (unpaired) electrons. The van der Waals surface area contributed by atoms with Crippen LogP contribution in [0.1, 0.15) is 29.7 Å². The molecule has 1 aromatic heterocycles. The van der Waals surface area contributed by atoms with Gasteiger partial charge < -0.3 is 5.32 Å². The number of rotatable bonds is 4. The largest absolute Gasteiger partial charge is 0.306 e. The van der Waals surface area contributed by atoms with E-state index < -0.39 is 0 Å². The van der Waals surface area contributed by atoms with Gasteiger partial charge in [-0.15, -0.1) is 0 Å². The number of pyridine rings is 1. The van der Waals surface area contributed by atoms with Crippen LogP contribution < -0.4 is 5.32 Å². The van der Waals surface area contributed by atoms with Crippen LogP contribution in [0.15, 0.2) is 42.7 Å². The second-order valence-corrected chi connectivity index (χ2v) is 4.27. The number of halogens is 1. The molecule has 2 rings (SSSR count). The molecule has 3 heteroatoms. The van der Waals surface area contributed by atoms with Gasteiger partial charge in [0.1, 0.15) is 5.82 Å². The second-order valence-electron chi connectivity index (χ2n) is 4.27. The summed E-state index contributed by atoms with van der Waals surface area (Å²) in [5, 5.41) is 3.41. The van der Waals surface area contributed by atoms with Crippen molar-refractivity contribution in [3.05, 3.63) is 65.2 Å². The summed E-state index contributed by atoms with van der Waals surface area (Å²) in [7, 11) is 0. The Hall–Kier alpha value is -1.74. The van der Waals surface area contributed by atoms with Gasteiger partial charge in [-0.05, 0) is 48.4 Å². The Labute approximate surface area is 107 Å². The SMILES string of the molecule is CCNC(c1ccc(F)cc1)c1cnccc1C. The summed E-state index contributed by atoms with van der Waals surface area (Å²) in [6.07, 6.45) is 3.65. The van der Waals surface area contributed by atoms with E-state index in [1.54, 1.807) is 6.20 Å². The molecular weight excluding hydrogens is 227 g/mol. The third-order valence-electron chi connectivity index (χ3n) is 3.00. The van der Waals surface area contributed by atoms with Crippen LogP contribution in [0.3, 0.4) is 0 Å². The van der Waals surface area contributed by atoms with Crippen LogP contribution >= 0.6 is 0 Å². The molecule has 1 heterocycles. The lowest BCUT2D eigenvalue weighted by Gasteiger charge is -2.20. The first-order valence-corrected chi connectivity index (χ1v) is 6.11. The van der Waals surface area contributed by atoms with E-state index in [0.717, 1.165) is 17.7 Å². The normalized spacial score (nSPS) is 12.4. The quantitative estimate of drug-likeness (QED) is 0.893. The first-order chi connectivity index (χ1) is 8.72. The average molecular weight is 244 g/mol.